The van der Waals surface area contributed by atoms with Crippen LogP contribution in [-0.2, 0) is 0 Å². The van der Waals surface area contributed by atoms with Crippen molar-refractivity contribution < 1.29 is 4.74 Å². The van der Waals surface area contributed by atoms with Crippen LogP contribution in [0.1, 0.15) is 45.2 Å². The van der Waals surface area contributed by atoms with Gasteiger partial charge in [-0.15, -0.1) is 0 Å². The number of hydrogen-bond donors (Lipinski definition) is 0. The fraction of sp³-hybridized carbons (Fsp3) is 0.111. The van der Waals surface area contributed by atoms with Gasteiger partial charge in [0.1, 0.15) is 41.2 Å². The Hall–Kier alpha value is -4.84. The maximum Gasteiger partial charge on any atom is 0.137 e. The van der Waals surface area contributed by atoms with Gasteiger partial charge in [-0.1, -0.05) is 42.5 Å². The van der Waals surface area contributed by atoms with Gasteiger partial charge in [0, 0.05) is 22.3 Å². The fourth-order valence-corrected chi connectivity index (χ4v) is 5.17. The Morgan fingerprint density at radius 3 is 1.59 bits per heavy atom. The topological polar surface area (TPSA) is 104 Å². The summed E-state index contributed by atoms with van der Waals surface area (Å²) >= 11 is 0. The number of ether oxygens (including phenoxy) is 1. The van der Waals surface area contributed by atoms with Crippen LogP contribution >= 0.6 is 0 Å². The van der Waals surface area contributed by atoms with E-state index in [1.54, 1.807) is 19.2 Å². The highest BCUT2D eigenvalue weighted by Crippen LogP contribution is 2.54. The fourth-order valence-electron chi connectivity index (χ4n) is 5.17. The first-order chi connectivity index (χ1) is 15.7. The molecule has 0 amide bonds. The number of rotatable bonds is 1. The highest BCUT2D eigenvalue weighted by atomic mass is 16.5. The van der Waals surface area contributed by atoms with Crippen LogP contribution in [0.3, 0.4) is 0 Å². The molecule has 32 heavy (non-hydrogen) atoms. The van der Waals surface area contributed by atoms with E-state index in [1.165, 1.54) is 0 Å². The second kappa shape index (κ2) is 7.14. The minimum atomic E-state index is -0.249. The maximum absolute atomic E-state index is 9.66. The Morgan fingerprint density at radius 1 is 0.656 bits per heavy atom. The van der Waals surface area contributed by atoms with E-state index in [4.69, 9.17) is 4.74 Å². The molecule has 5 heteroatoms. The Balaban J connectivity index is 2.06. The largest absolute Gasteiger partial charge is 0.497 e. The second-order valence-corrected chi connectivity index (χ2v) is 7.68. The SMILES string of the molecule is COc1ccc2c(c1)[C@H]1c3ccccc3[C@H]2c2c1c(=C(C#N)C#N)ccc2=C(C#N)C#N. The zero-order valence-electron chi connectivity index (χ0n) is 17.0. The van der Waals surface area contributed by atoms with Crippen LogP contribution in [0.4, 0.5) is 0 Å². The number of hydrogen-bond acceptors (Lipinski definition) is 5. The van der Waals surface area contributed by atoms with E-state index >= 15 is 0 Å². The van der Waals surface area contributed by atoms with Crippen molar-refractivity contribution in [1.29, 1.82) is 21.0 Å². The van der Waals surface area contributed by atoms with Crippen molar-refractivity contribution in [2.45, 2.75) is 11.8 Å². The third-order valence-electron chi connectivity index (χ3n) is 6.38. The van der Waals surface area contributed by atoms with E-state index in [-0.39, 0.29) is 23.0 Å². The van der Waals surface area contributed by atoms with Gasteiger partial charge < -0.3 is 4.74 Å². The van der Waals surface area contributed by atoms with Crippen LogP contribution in [0.2, 0.25) is 0 Å². The molecular weight excluding hydrogens is 396 g/mol. The van der Waals surface area contributed by atoms with Crippen LogP contribution in [0.25, 0.3) is 11.1 Å². The summed E-state index contributed by atoms with van der Waals surface area (Å²) in [7, 11) is 1.62. The standard InChI is InChI=1S/C27H14N4O/c1-32-17-6-7-22-23(10-17)25-21-5-3-2-4-20(21)24(22)26-18(15(11-28)12-29)8-9-19(27(25)26)16(13-30)14-31/h2-10,24-25H,1H3/t24-,25-/m1/s1. The van der Waals surface area contributed by atoms with Crippen molar-refractivity contribution in [3.8, 4) is 30.0 Å². The summed E-state index contributed by atoms with van der Waals surface area (Å²) in [4.78, 5) is 0. The predicted octanol–water partition coefficient (Wildman–Crippen LogP) is 3.08. The van der Waals surface area contributed by atoms with E-state index in [1.807, 2.05) is 54.6 Å². The summed E-state index contributed by atoms with van der Waals surface area (Å²) in [6, 6.07) is 25.5. The summed E-state index contributed by atoms with van der Waals surface area (Å²) in [6.45, 7) is 0. The second-order valence-electron chi connectivity index (χ2n) is 7.68. The molecule has 0 fully saturated rings. The molecule has 0 saturated heterocycles. The molecule has 0 aromatic heterocycles. The predicted molar refractivity (Wildman–Crippen MR) is 116 cm³/mol. The summed E-state index contributed by atoms with van der Waals surface area (Å²) < 4.78 is 5.48. The molecule has 3 aliphatic rings. The lowest BCUT2D eigenvalue weighted by Crippen LogP contribution is -2.38. The number of nitrogens with zero attached hydrogens (tertiary/aromatic N) is 4. The van der Waals surface area contributed by atoms with Gasteiger partial charge in [-0.25, -0.2) is 0 Å². The molecule has 3 aliphatic carbocycles. The molecule has 5 nitrogen and oxygen atoms in total. The van der Waals surface area contributed by atoms with Crippen molar-refractivity contribution in [2.75, 3.05) is 7.11 Å². The van der Waals surface area contributed by atoms with Gasteiger partial charge in [-0.3, -0.25) is 0 Å². The van der Waals surface area contributed by atoms with Crippen LogP contribution < -0.4 is 15.2 Å². The summed E-state index contributed by atoms with van der Waals surface area (Å²) in [5, 5.41) is 39.7. The molecular formula is C27H14N4O. The summed E-state index contributed by atoms with van der Waals surface area (Å²) in [5.41, 5.74) is 5.98. The van der Waals surface area contributed by atoms with E-state index < -0.39 is 0 Å². The van der Waals surface area contributed by atoms with Crippen LogP contribution in [-0.4, -0.2) is 7.11 Å². The lowest BCUT2D eigenvalue weighted by Gasteiger charge is -2.42. The van der Waals surface area contributed by atoms with Crippen LogP contribution in [0, 0.1) is 45.3 Å². The van der Waals surface area contributed by atoms with Gasteiger partial charge in [0.05, 0.1) is 7.11 Å². The Labute approximate surface area is 184 Å². The molecule has 0 unspecified atom stereocenters. The van der Waals surface area contributed by atoms with E-state index in [9.17, 15) is 21.0 Å². The summed E-state index contributed by atoms with van der Waals surface area (Å²) in [6.07, 6.45) is 0. The average molecular weight is 410 g/mol. The van der Waals surface area contributed by atoms with Crippen molar-refractivity contribution in [1.82, 2.24) is 0 Å². The number of nitriles is 4. The van der Waals surface area contributed by atoms with Gasteiger partial charge in [-0.05, 0) is 45.5 Å². The highest BCUT2D eigenvalue weighted by molar-refractivity contribution is 5.80. The number of benzene rings is 3. The van der Waals surface area contributed by atoms with Crippen LogP contribution in [0.15, 0.2) is 54.6 Å². The van der Waals surface area contributed by atoms with Crippen molar-refractivity contribution in [3.05, 3.63) is 98.4 Å². The minimum Gasteiger partial charge on any atom is -0.497 e. The maximum atomic E-state index is 9.66. The smallest absolute Gasteiger partial charge is 0.137 e. The monoisotopic (exact) mass is 410 g/mol. The Bertz CT molecular complexity index is 1590. The van der Waals surface area contributed by atoms with Gasteiger partial charge in [0.25, 0.3) is 0 Å². The van der Waals surface area contributed by atoms with Crippen molar-refractivity contribution in [2.24, 2.45) is 0 Å². The molecule has 2 bridgehead atoms. The third kappa shape index (κ3) is 2.40. The van der Waals surface area contributed by atoms with Crippen LogP contribution in [0.5, 0.6) is 5.75 Å². The molecule has 0 N–H and O–H groups in total. The van der Waals surface area contributed by atoms with Gasteiger partial charge in [0.2, 0.25) is 0 Å². The third-order valence-corrected chi connectivity index (χ3v) is 6.38. The van der Waals surface area contributed by atoms with Gasteiger partial charge >= 0.3 is 0 Å². The lowest BCUT2D eigenvalue weighted by molar-refractivity contribution is 0.413. The van der Waals surface area contributed by atoms with E-state index in [0.717, 1.165) is 39.1 Å². The molecule has 0 saturated carbocycles. The normalized spacial score (nSPS) is 16.2. The first-order valence-electron chi connectivity index (χ1n) is 9.96. The lowest BCUT2D eigenvalue weighted by atomic mass is 9.60. The van der Waals surface area contributed by atoms with E-state index in [2.05, 4.69) is 12.1 Å². The molecule has 3 aromatic rings. The van der Waals surface area contributed by atoms with Crippen molar-refractivity contribution in [3.63, 3.8) is 0 Å². The van der Waals surface area contributed by atoms with Crippen molar-refractivity contribution >= 4 is 11.1 Å². The molecule has 3 aromatic carbocycles. The quantitative estimate of drug-likeness (QED) is 0.422. The Morgan fingerprint density at radius 2 is 1.12 bits per heavy atom. The molecule has 0 heterocycles. The van der Waals surface area contributed by atoms with E-state index in [0.29, 0.717) is 10.4 Å². The zero-order chi connectivity index (χ0) is 22.4. The minimum absolute atomic E-state index is 0.0118. The molecule has 0 spiro atoms. The average Bonchev–Trinajstić information content (AvgIpc) is 2.85. The van der Waals surface area contributed by atoms with Gasteiger partial charge in [-0.2, -0.15) is 21.0 Å². The first-order valence-corrected chi connectivity index (χ1v) is 9.96. The molecule has 6 rings (SSSR count). The summed E-state index contributed by atoms with van der Waals surface area (Å²) in [5.74, 6) is 0.248. The van der Waals surface area contributed by atoms with Gasteiger partial charge in [0.15, 0.2) is 0 Å². The molecule has 0 radical (unpaired) electrons. The molecule has 2 atom stereocenters. The Kier molecular flexibility index (Phi) is 4.27. The highest BCUT2D eigenvalue weighted by Gasteiger charge is 2.43. The zero-order valence-corrected chi connectivity index (χ0v) is 17.0. The molecule has 148 valence electrons. The number of methoxy groups -OCH3 is 1. The molecule has 0 aliphatic heterocycles. The first kappa shape index (κ1) is 19.1.